The largest absolute Gasteiger partial charge is 0.335 e. The molecule has 0 saturated carbocycles. The van der Waals surface area contributed by atoms with E-state index in [1.807, 2.05) is 10.6 Å². The molecule has 0 spiro atoms. The molecule has 126 valence electrons. The number of rotatable bonds is 8. The van der Waals surface area contributed by atoms with Gasteiger partial charge in [-0.1, -0.05) is 30.0 Å². The first-order valence-corrected chi connectivity index (χ1v) is 8.65. The monoisotopic (exact) mass is 342 g/mol. The lowest BCUT2D eigenvalue weighted by molar-refractivity contribution is -0.127. The van der Waals surface area contributed by atoms with Gasteiger partial charge in [0, 0.05) is 18.8 Å². The number of aryl methyl sites for hydroxylation is 2. The predicted octanol–water partition coefficient (Wildman–Crippen LogP) is 3.18. The lowest BCUT2D eigenvalue weighted by Gasteiger charge is -2.18. The molecule has 0 saturated heterocycles. The van der Waals surface area contributed by atoms with Crippen LogP contribution >= 0.6 is 11.8 Å². The molecule has 1 aromatic carbocycles. The van der Waals surface area contributed by atoms with Crippen molar-refractivity contribution in [3.63, 3.8) is 0 Å². The molecule has 1 amide bonds. The summed E-state index contributed by atoms with van der Waals surface area (Å²) in [5, 5.41) is 8.81. The Hall–Kier alpha value is -2.34. The first-order valence-electron chi connectivity index (χ1n) is 7.66. The minimum Gasteiger partial charge on any atom is -0.335 e. The van der Waals surface area contributed by atoms with E-state index in [1.54, 1.807) is 23.4 Å². The minimum atomic E-state index is 0.0226. The average molecular weight is 342 g/mol. The maximum Gasteiger partial charge on any atom is 0.233 e. The highest BCUT2D eigenvalue weighted by molar-refractivity contribution is 7.99. The Morgan fingerprint density at radius 3 is 2.58 bits per heavy atom. The third kappa shape index (κ3) is 4.35. The highest BCUT2D eigenvalue weighted by Gasteiger charge is 2.14. The fourth-order valence-electron chi connectivity index (χ4n) is 2.18. The molecule has 0 unspecified atom stereocenters. The zero-order valence-electron chi connectivity index (χ0n) is 14.1. The number of thioether (sulfide) groups is 1. The zero-order chi connectivity index (χ0) is 17.5. The van der Waals surface area contributed by atoms with Gasteiger partial charge >= 0.3 is 0 Å². The maximum atomic E-state index is 12.3. The molecule has 0 fully saturated rings. The molecule has 24 heavy (non-hydrogen) atoms. The normalized spacial score (nSPS) is 10.4. The summed E-state index contributed by atoms with van der Waals surface area (Å²) in [7, 11) is 0. The number of nitrogens with zero attached hydrogens (tertiary/aromatic N) is 4. The second kappa shape index (κ2) is 8.49. The van der Waals surface area contributed by atoms with E-state index in [9.17, 15) is 4.79 Å². The van der Waals surface area contributed by atoms with Gasteiger partial charge < -0.3 is 4.90 Å². The van der Waals surface area contributed by atoms with E-state index in [1.165, 1.54) is 22.9 Å². The van der Waals surface area contributed by atoms with Crippen molar-refractivity contribution in [3.05, 3.63) is 61.0 Å². The molecule has 0 aliphatic rings. The topological polar surface area (TPSA) is 51.0 Å². The number of carbonyl (C=O) groups is 1. The van der Waals surface area contributed by atoms with Crippen molar-refractivity contribution in [2.75, 3.05) is 18.8 Å². The summed E-state index contributed by atoms with van der Waals surface area (Å²) < 4.78 is 1.90. The van der Waals surface area contributed by atoms with Crippen LogP contribution in [-0.2, 0) is 4.79 Å². The highest BCUT2D eigenvalue weighted by Crippen LogP contribution is 2.21. The van der Waals surface area contributed by atoms with Crippen LogP contribution in [0.15, 0.2) is 55.0 Å². The fraction of sp³-hybridized carbons (Fsp3) is 0.278. The predicted molar refractivity (Wildman–Crippen MR) is 98.5 cm³/mol. The van der Waals surface area contributed by atoms with Gasteiger partial charge in [-0.3, -0.25) is 9.36 Å². The molecule has 0 aliphatic heterocycles. The lowest BCUT2D eigenvalue weighted by Crippen LogP contribution is -2.32. The Bertz CT molecular complexity index is 728. The van der Waals surface area contributed by atoms with Crippen LogP contribution < -0.4 is 0 Å². The van der Waals surface area contributed by atoms with Gasteiger partial charge in [0.05, 0.1) is 5.75 Å². The Morgan fingerprint density at radius 1 is 1.25 bits per heavy atom. The number of carbonyl (C=O) groups excluding carboxylic acids is 1. The Kier molecular flexibility index (Phi) is 6.37. The van der Waals surface area contributed by atoms with Crippen molar-refractivity contribution in [3.8, 4) is 5.69 Å². The summed E-state index contributed by atoms with van der Waals surface area (Å²) in [5.41, 5.74) is 3.43. The summed E-state index contributed by atoms with van der Waals surface area (Å²) >= 11 is 1.38. The summed E-state index contributed by atoms with van der Waals surface area (Å²) in [5.74, 6) is 0.319. The van der Waals surface area contributed by atoms with E-state index < -0.39 is 0 Å². The number of aromatic nitrogens is 3. The van der Waals surface area contributed by atoms with Gasteiger partial charge in [-0.15, -0.1) is 23.4 Å². The van der Waals surface area contributed by atoms with Gasteiger partial charge in [0.2, 0.25) is 5.91 Å². The van der Waals surface area contributed by atoms with Gasteiger partial charge in [-0.05, 0) is 37.1 Å². The van der Waals surface area contributed by atoms with Crippen molar-refractivity contribution >= 4 is 17.7 Å². The van der Waals surface area contributed by atoms with Crippen LogP contribution in [0.1, 0.15) is 11.1 Å². The number of amides is 1. The van der Waals surface area contributed by atoms with Crippen molar-refractivity contribution < 1.29 is 4.79 Å². The zero-order valence-corrected chi connectivity index (χ0v) is 14.9. The Morgan fingerprint density at radius 2 is 1.96 bits per heavy atom. The van der Waals surface area contributed by atoms with Crippen molar-refractivity contribution in [1.82, 2.24) is 19.7 Å². The van der Waals surface area contributed by atoms with E-state index >= 15 is 0 Å². The lowest BCUT2D eigenvalue weighted by atomic mass is 10.1. The second-order valence-electron chi connectivity index (χ2n) is 5.42. The van der Waals surface area contributed by atoms with Gasteiger partial charge in [0.25, 0.3) is 0 Å². The molecule has 2 rings (SSSR count). The van der Waals surface area contributed by atoms with Crippen LogP contribution in [0.2, 0.25) is 0 Å². The van der Waals surface area contributed by atoms with Crippen molar-refractivity contribution in [1.29, 1.82) is 0 Å². The van der Waals surface area contributed by atoms with Gasteiger partial charge in [-0.25, -0.2) is 0 Å². The van der Waals surface area contributed by atoms with Crippen LogP contribution in [0.4, 0.5) is 0 Å². The van der Waals surface area contributed by atoms with Crippen LogP contribution in [0, 0.1) is 13.8 Å². The van der Waals surface area contributed by atoms with E-state index in [0.717, 1.165) is 5.69 Å². The third-order valence-corrected chi connectivity index (χ3v) is 4.59. The first kappa shape index (κ1) is 18.0. The third-order valence-electron chi connectivity index (χ3n) is 3.66. The molecular formula is C18H22N4OS. The Labute approximate surface area is 147 Å². The minimum absolute atomic E-state index is 0.0226. The molecule has 0 atom stereocenters. The summed E-state index contributed by atoms with van der Waals surface area (Å²) in [4.78, 5) is 14.0. The second-order valence-corrected chi connectivity index (χ2v) is 6.36. The summed E-state index contributed by atoms with van der Waals surface area (Å²) in [6.45, 7) is 12.5. The SMILES string of the molecule is C=CCN(CC=C)C(=O)CSc1nncn1-c1ccc(C)c(C)c1. The quantitative estimate of drug-likeness (QED) is 0.546. The number of benzene rings is 1. The van der Waals surface area contributed by atoms with Crippen molar-refractivity contribution in [2.24, 2.45) is 0 Å². The van der Waals surface area contributed by atoms with E-state index in [2.05, 4.69) is 49.3 Å². The average Bonchev–Trinajstić information content (AvgIpc) is 3.03. The molecule has 0 aliphatic carbocycles. The van der Waals surface area contributed by atoms with Crippen LogP contribution in [0.25, 0.3) is 5.69 Å². The smallest absolute Gasteiger partial charge is 0.233 e. The van der Waals surface area contributed by atoms with Crippen LogP contribution in [-0.4, -0.2) is 44.4 Å². The van der Waals surface area contributed by atoms with Gasteiger partial charge in [0.1, 0.15) is 6.33 Å². The maximum absolute atomic E-state index is 12.3. The summed E-state index contributed by atoms with van der Waals surface area (Å²) in [6.07, 6.45) is 5.09. The van der Waals surface area contributed by atoms with E-state index in [0.29, 0.717) is 24.0 Å². The van der Waals surface area contributed by atoms with Crippen LogP contribution in [0.5, 0.6) is 0 Å². The molecule has 0 N–H and O–H groups in total. The summed E-state index contributed by atoms with van der Waals surface area (Å²) in [6, 6.07) is 6.19. The van der Waals surface area contributed by atoms with Gasteiger partial charge in [-0.2, -0.15) is 0 Å². The first-order chi connectivity index (χ1) is 11.6. The number of hydrogen-bond acceptors (Lipinski definition) is 4. The molecular weight excluding hydrogens is 320 g/mol. The molecule has 0 radical (unpaired) electrons. The van der Waals surface area contributed by atoms with E-state index in [4.69, 9.17) is 0 Å². The van der Waals surface area contributed by atoms with Crippen molar-refractivity contribution in [2.45, 2.75) is 19.0 Å². The molecule has 1 aromatic heterocycles. The molecule has 2 aromatic rings. The fourth-order valence-corrected chi connectivity index (χ4v) is 3.01. The van der Waals surface area contributed by atoms with Crippen LogP contribution in [0.3, 0.4) is 0 Å². The Balaban J connectivity index is 2.10. The standard InChI is InChI=1S/C18H22N4OS/c1-5-9-21(10-6-2)17(23)12-24-18-20-19-13-22(18)16-8-7-14(3)15(4)11-16/h5-8,11,13H,1-2,9-10,12H2,3-4H3. The molecule has 1 heterocycles. The molecule has 6 heteroatoms. The molecule has 5 nitrogen and oxygen atoms in total. The number of hydrogen-bond donors (Lipinski definition) is 0. The highest BCUT2D eigenvalue weighted by atomic mass is 32.2. The van der Waals surface area contributed by atoms with Gasteiger partial charge in [0.15, 0.2) is 5.16 Å². The molecule has 0 bridgehead atoms. The van der Waals surface area contributed by atoms with E-state index in [-0.39, 0.29) is 5.91 Å².